The van der Waals surface area contributed by atoms with Crippen molar-refractivity contribution in [3.8, 4) is 17.2 Å². The molecule has 33 heavy (non-hydrogen) atoms. The molecule has 1 heterocycles. The maximum Gasteiger partial charge on any atom is 0.342 e. The number of carbonyl (C=O) groups excluding carboxylic acids is 2. The van der Waals surface area contributed by atoms with Crippen LogP contribution in [0.3, 0.4) is 0 Å². The zero-order valence-electron chi connectivity index (χ0n) is 17.9. The molecule has 0 amide bonds. The Kier molecular flexibility index (Phi) is 6.06. The van der Waals surface area contributed by atoms with Crippen molar-refractivity contribution in [3.05, 3.63) is 82.9 Å². The summed E-state index contributed by atoms with van der Waals surface area (Å²) in [5.74, 6) is -0.583. The number of carbonyl (C=O) groups is 2. The Morgan fingerprint density at radius 2 is 1.70 bits per heavy atom. The third-order valence-electron chi connectivity index (χ3n) is 4.95. The smallest absolute Gasteiger partial charge is 0.342 e. The Hall–Kier alpha value is -3.85. The number of ketones is 1. The summed E-state index contributed by atoms with van der Waals surface area (Å²) in [6.45, 7) is 2.94. The number of Topliss-reactive ketones (excluding diaryl/α,β-unsaturated/α-hetero) is 1. The quantitative estimate of drug-likeness (QED) is 0.293. The standard InChI is InChI=1S/C24H20O8S/c1-15-7-8-16(2)23(11-15)33(27,28)32-20-6-4-3-5-18(20)24(26)29-13-19(25)17-9-10-21-22(12-17)31-14-30-21/h3-12H,13-14H2,1-2H3. The van der Waals surface area contributed by atoms with E-state index in [1.165, 1.54) is 42.5 Å². The van der Waals surface area contributed by atoms with Crippen LogP contribution < -0.4 is 13.7 Å². The summed E-state index contributed by atoms with van der Waals surface area (Å²) < 4.78 is 46.5. The highest BCUT2D eigenvalue weighted by Crippen LogP contribution is 2.32. The van der Waals surface area contributed by atoms with E-state index in [4.69, 9.17) is 18.4 Å². The van der Waals surface area contributed by atoms with Crippen molar-refractivity contribution in [3.63, 3.8) is 0 Å². The van der Waals surface area contributed by atoms with E-state index in [0.717, 1.165) is 5.56 Å². The summed E-state index contributed by atoms with van der Waals surface area (Å²) in [6, 6.07) is 15.4. The van der Waals surface area contributed by atoms with Crippen LogP contribution in [0.25, 0.3) is 0 Å². The van der Waals surface area contributed by atoms with Crippen LogP contribution in [0, 0.1) is 13.8 Å². The fraction of sp³-hybridized carbons (Fsp3) is 0.167. The molecule has 0 spiro atoms. The second kappa shape index (κ2) is 8.95. The number of rotatable bonds is 7. The summed E-state index contributed by atoms with van der Waals surface area (Å²) >= 11 is 0. The summed E-state index contributed by atoms with van der Waals surface area (Å²) in [6.07, 6.45) is 0. The molecule has 8 nitrogen and oxygen atoms in total. The molecular formula is C24H20O8S. The van der Waals surface area contributed by atoms with Crippen molar-refractivity contribution >= 4 is 21.9 Å². The number of benzene rings is 3. The Labute approximate surface area is 190 Å². The molecular weight excluding hydrogens is 448 g/mol. The summed E-state index contributed by atoms with van der Waals surface area (Å²) in [5.41, 5.74) is 1.42. The first kappa shape index (κ1) is 22.3. The van der Waals surface area contributed by atoms with Crippen LogP contribution in [0.15, 0.2) is 65.6 Å². The van der Waals surface area contributed by atoms with E-state index in [1.807, 2.05) is 0 Å². The molecule has 0 radical (unpaired) electrons. The van der Waals surface area contributed by atoms with E-state index in [0.29, 0.717) is 17.1 Å². The number of para-hydroxylation sites is 1. The summed E-state index contributed by atoms with van der Waals surface area (Å²) in [7, 11) is -4.20. The second-order valence-corrected chi connectivity index (χ2v) is 8.88. The second-order valence-electron chi connectivity index (χ2n) is 7.37. The molecule has 3 aromatic carbocycles. The van der Waals surface area contributed by atoms with Gasteiger partial charge in [-0.2, -0.15) is 8.42 Å². The zero-order chi connectivity index (χ0) is 23.6. The number of ether oxygens (including phenoxy) is 3. The fourth-order valence-electron chi connectivity index (χ4n) is 3.21. The highest BCUT2D eigenvalue weighted by molar-refractivity contribution is 7.87. The molecule has 1 aliphatic rings. The van der Waals surface area contributed by atoms with Gasteiger partial charge in [0.15, 0.2) is 29.6 Å². The molecule has 0 bridgehead atoms. The Bertz CT molecular complexity index is 1340. The Morgan fingerprint density at radius 1 is 0.939 bits per heavy atom. The van der Waals surface area contributed by atoms with Gasteiger partial charge in [0, 0.05) is 5.56 Å². The maximum absolute atomic E-state index is 12.8. The van der Waals surface area contributed by atoms with E-state index in [9.17, 15) is 18.0 Å². The average molecular weight is 468 g/mol. The maximum atomic E-state index is 12.8. The number of hydrogen-bond acceptors (Lipinski definition) is 8. The zero-order valence-corrected chi connectivity index (χ0v) is 18.7. The lowest BCUT2D eigenvalue weighted by Crippen LogP contribution is -2.17. The normalized spacial score (nSPS) is 12.3. The molecule has 0 saturated carbocycles. The summed E-state index contributed by atoms with van der Waals surface area (Å²) in [4.78, 5) is 25.1. The number of fused-ring (bicyclic) bond motifs is 1. The lowest BCUT2D eigenvalue weighted by molar-refractivity contribution is 0.0473. The van der Waals surface area contributed by atoms with Gasteiger partial charge in [0.05, 0.1) is 0 Å². The van der Waals surface area contributed by atoms with Crippen LogP contribution in [0.1, 0.15) is 31.8 Å². The van der Waals surface area contributed by atoms with Gasteiger partial charge < -0.3 is 18.4 Å². The van der Waals surface area contributed by atoms with Gasteiger partial charge in [-0.1, -0.05) is 24.3 Å². The van der Waals surface area contributed by atoms with Gasteiger partial charge in [-0.05, 0) is 61.4 Å². The third kappa shape index (κ3) is 4.83. The Morgan fingerprint density at radius 3 is 2.52 bits per heavy atom. The number of aryl methyl sites for hydroxylation is 2. The van der Waals surface area contributed by atoms with Crippen LogP contribution in [-0.2, 0) is 14.9 Å². The topological polar surface area (TPSA) is 105 Å². The molecule has 4 rings (SSSR count). The van der Waals surface area contributed by atoms with Crippen LogP contribution in [0.2, 0.25) is 0 Å². The van der Waals surface area contributed by atoms with Crippen LogP contribution in [-0.4, -0.2) is 33.6 Å². The van der Waals surface area contributed by atoms with E-state index >= 15 is 0 Å². The molecule has 0 atom stereocenters. The van der Waals surface area contributed by atoms with Crippen molar-refractivity contribution < 1.29 is 36.4 Å². The minimum Gasteiger partial charge on any atom is -0.454 e. The van der Waals surface area contributed by atoms with Crippen LogP contribution in [0.5, 0.6) is 17.2 Å². The van der Waals surface area contributed by atoms with Crippen LogP contribution >= 0.6 is 0 Å². The summed E-state index contributed by atoms with van der Waals surface area (Å²) in [5, 5.41) is 0. The number of hydrogen-bond donors (Lipinski definition) is 0. The molecule has 0 N–H and O–H groups in total. The van der Waals surface area contributed by atoms with Gasteiger partial charge in [0.1, 0.15) is 10.5 Å². The van der Waals surface area contributed by atoms with Gasteiger partial charge in [-0.15, -0.1) is 0 Å². The molecule has 0 saturated heterocycles. The minimum atomic E-state index is -4.20. The highest BCUT2D eigenvalue weighted by Gasteiger charge is 2.24. The van der Waals surface area contributed by atoms with Gasteiger partial charge in [-0.3, -0.25) is 4.79 Å². The lowest BCUT2D eigenvalue weighted by atomic mass is 10.1. The van der Waals surface area contributed by atoms with Crippen molar-refractivity contribution in [2.75, 3.05) is 13.4 Å². The van der Waals surface area contributed by atoms with E-state index in [1.54, 1.807) is 32.0 Å². The Balaban J connectivity index is 1.49. The van der Waals surface area contributed by atoms with Crippen molar-refractivity contribution in [1.29, 1.82) is 0 Å². The largest absolute Gasteiger partial charge is 0.454 e. The van der Waals surface area contributed by atoms with Crippen molar-refractivity contribution in [1.82, 2.24) is 0 Å². The molecule has 0 aliphatic carbocycles. The van der Waals surface area contributed by atoms with E-state index in [-0.39, 0.29) is 28.6 Å². The SMILES string of the molecule is Cc1ccc(C)c(S(=O)(=O)Oc2ccccc2C(=O)OCC(=O)c2ccc3c(c2)OCO3)c1. The molecule has 1 aliphatic heterocycles. The van der Waals surface area contributed by atoms with Gasteiger partial charge in [0.25, 0.3) is 0 Å². The molecule has 9 heteroatoms. The predicted molar refractivity (Wildman–Crippen MR) is 117 cm³/mol. The van der Waals surface area contributed by atoms with Gasteiger partial charge in [0.2, 0.25) is 6.79 Å². The molecule has 0 fully saturated rings. The third-order valence-corrected chi connectivity index (χ3v) is 6.33. The first-order valence-electron chi connectivity index (χ1n) is 9.95. The van der Waals surface area contributed by atoms with Crippen molar-refractivity contribution in [2.45, 2.75) is 18.7 Å². The van der Waals surface area contributed by atoms with Crippen LogP contribution in [0.4, 0.5) is 0 Å². The monoisotopic (exact) mass is 468 g/mol. The first-order valence-corrected chi connectivity index (χ1v) is 11.4. The minimum absolute atomic E-state index is 0.00339. The fourth-order valence-corrected chi connectivity index (χ4v) is 4.47. The molecule has 0 unspecified atom stereocenters. The highest BCUT2D eigenvalue weighted by atomic mass is 32.2. The predicted octanol–water partition coefficient (Wildman–Crippen LogP) is 3.84. The molecule has 170 valence electrons. The van der Waals surface area contributed by atoms with Crippen molar-refractivity contribution in [2.24, 2.45) is 0 Å². The lowest BCUT2D eigenvalue weighted by Gasteiger charge is -2.13. The van der Waals surface area contributed by atoms with Gasteiger partial charge >= 0.3 is 16.1 Å². The first-order chi connectivity index (χ1) is 15.7. The molecule has 0 aromatic heterocycles. The molecule has 3 aromatic rings. The van der Waals surface area contributed by atoms with E-state index < -0.39 is 28.5 Å². The van der Waals surface area contributed by atoms with E-state index in [2.05, 4.69) is 0 Å². The average Bonchev–Trinajstić information content (AvgIpc) is 3.27. The van der Waals surface area contributed by atoms with Gasteiger partial charge in [-0.25, -0.2) is 4.79 Å². The number of esters is 1.